The van der Waals surface area contributed by atoms with Gasteiger partial charge in [0.25, 0.3) is 0 Å². The molecule has 128 valence electrons. The van der Waals surface area contributed by atoms with Crippen LogP contribution in [0.1, 0.15) is 24.0 Å². The van der Waals surface area contributed by atoms with Gasteiger partial charge in [-0.1, -0.05) is 18.2 Å². The van der Waals surface area contributed by atoms with Crippen LogP contribution in [0.15, 0.2) is 30.3 Å². The second-order valence-electron chi connectivity index (χ2n) is 5.77. The molecule has 5 nitrogen and oxygen atoms in total. The molecule has 0 radical (unpaired) electrons. The van der Waals surface area contributed by atoms with Crippen LogP contribution in [-0.4, -0.2) is 34.8 Å². The van der Waals surface area contributed by atoms with Crippen molar-refractivity contribution in [1.82, 2.24) is 4.90 Å². The SMILES string of the molecule is O=C1OCN(C(=O)O)C2CC=C(c3cccc(C(F)(F)F)c3)CC12. The van der Waals surface area contributed by atoms with Crippen molar-refractivity contribution in [2.45, 2.75) is 25.1 Å². The molecular formula is C16H14F3NO4. The third-order valence-electron chi connectivity index (χ3n) is 4.37. The Balaban J connectivity index is 1.90. The molecule has 2 unspecified atom stereocenters. The van der Waals surface area contributed by atoms with E-state index in [4.69, 9.17) is 9.84 Å². The number of rotatable bonds is 1. The van der Waals surface area contributed by atoms with E-state index in [0.717, 1.165) is 17.0 Å². The smallest absolute Gasteiger partial charge is 0.416 e. The van der Waals surface area contributed by atoms with Gasteiger partial charge in [-0.3, -0.25) is 9.69 Å². The van der Waals surface area contributed by atoms with Crippen LogP contribution in [-0.2, 0) is 15.7 Å². The van der Waals surface area contributed by atoms with Crippen molar-refractivity contribution in [2.24, 2.45) is 5.92 Å². The van der Waals surface area contributed by atoms with E-state index in [1.807, 2.05) is 0 Å². The maximum Gasteiger partial charge on any atom is 0.416 e. The number of esters is 1. The van der Waals surface area contributed by atoms with Gasteiger partial charge in [-0.15, -0.1) is 0 Å². The lowest BCUT2D eigenvalue weighted by Gasteiger charge is -2.40. The Labute approximate surface area is 135 Å². The minimum Gasteiger partial charge on any atom is -0.465 e. The summed E-state index contributed by atoms with van der Waals surface area (Å²) in [5, 5.41) is 9.16. The third kappa shape index (κ3) is 2.95. The van der Waals surface area contributed by atoms with Crippen LogP contribution in [0.25, 0.3) is 5.57 Å². The summed E-state index contributed by atoms with van der Waals surface area (Å²) in [6, 6.07) is 4.34. The molecule has 0 saturated carbocycles. The highest BCUT2D eigenvalue weighted by Gasteiger charge is 2.43. The highest BCUT2D eigenvalue weighted by atomic mass is 19.4. The fourth-order valence-electron chi connectivity index (χ4n) is 3.13. The lowest BCUT2D eigenvalue weighted by Crippen LogP contribution is -2.53. The number of fused-ring (bicyclic) bond motifs is 1. The highest BCUT2D eigenvalue weighted by molar-refractivity contribution is 5.81. The molecule has 3 rings (SSSR count). The van der Waals surface area contributed by atoms with E-state index in [9.17, 15) is 22.8 Å². The van der Waals surface area contributed by atoms with Gasteiger partial charge < -0.3 is 9.84 Å². The number of halogens is 3. The van der Waals surface area contributed by atoms with E-state index in [1.54, 1.807) is 12.1 Å². The molecular weight excluding hydrogens is 327 g/mol. The molecule has 0 spiro atoms. The van der Waals surface area contributed by atoms with Gasteiger partial charge in [0.1, 0.15) is 0 Å². The number of carboxylic acid groups (broad SMARTS) is 1. The molecule has 1 aromatic rings. The molecule has 0 bridgehead atoms. The summed E-state index contributed by atoms with van der Waals surface area (Å²) < 4.78 is 43.4. The Bertz CT molecular complexity index is 714. The van der Waals surface area contributed by atoms with Gasteiger partial charge in [0, 0.05) is 0 Å². The van der Waals surface area contributed by atoms with E-state index in [-0.39, 0.29) is 19.6 Å². The minimum absolute atomic E-state index is 0.147. The van der Waals surface area contributed by atoms with E-state index < -0.39 is 35.8 Å². The topological polar surface area (TPSA) is 66.8 Å². The molecule has 1 saturated heterocycles. The molecule has 24 heavy (non-hydrogen) atoms. The van der Waals surface area contributed by atoms with Crippen LogP contribution in [0.5, 0.6) is 0 Å². The van der Waals surface area contributed by atoms with Crippen LogP contribution in [0.4, 0.5) is 18.0 Å². The van der Waals surface area contributed by atoms with E-state index in [1.165, 1.54) is 6.07 Å². The molecule has 1 heterocycles. The number of cyclic esters (lactones) is 1. The molecule has 0 aromatic heterocycles. The fraction of sp³-hybridized carbons (Fsp3) is 0.375. The number of nitrogens with zero attached hydrogens (tertiary/aromatic N) is 1. The van der Waals surface area contributed by atoms with Crippen LogP contribution in [0, 0.1) is 5.92 Å². The van der Waals surface area contributed by atoms with Crippen molar-refractivity contribution in [1.29, 1.82) is 0 Å². The number of allylic oxidation sites excluding steroid dienone is 1. The number of carbonyl (C=O) groups excluding carboxylic acids is 1. The molecule has 1 aliphatic heterocycles. The molecule has 1 amide bonds. The van der Waals surface area contributed by atoms with E-state index >= 15 is 0 Å². The molecule has 2 atom stereocenters. The molecule has 2 aliphatic rings. The zero-order valence-electron chi connectivity index (χ0n) is 12.4. The van der Waals surface area contributed by atoms with E-state index in [2.05, 4.69) is 0 Å². The summed E-state index contributed by atoms with van der Waals surface area (Å²) >= 11 is 0. The summed E-state index contributed by atoms with van der Waals surface area (Å²) in [5.74, 6) is -1.22. The summed E-state index contributed by atoms with van der Waals surface area (Å²) in [7, 11) is 0. The quantitative estimate of drug-likeness (QED) is 0.796. The van der Waals surface area contributed by atoms with Crippen LogP contribution in [0.2, 0.25) is 0 Å². The van der Waals surface area contributed by atoms with Crippen LogP contribution >= 0.6 is 0 Å². The number of amides is 1. The first-order chi connectivity index (χ1) is 11.3. The summed E-state index contributed by atoms with van der Waals surface area (Å²) in [6.07, 6.45) is -3.52. The number of carbonyl (C=O) groups is 2. The van der Waals surface area contributed by atoms with Crippen molar-refractivity contribution in [3.63, 3.8) is 0 Å². The van der Waals surface area contributed by atoms with Gasteiger partial charge in [0.2, 0.25) is 0 Å². The monoisotopic (exact) mass is 341 g/mol. The Morgan fingerprint density at radius 2 is 2.08 bits per heavy atom. The standard InChI is InChI=1S/C16H14F3NO4/c17-16(18,19)11-3-1-2-9(6-11)10-4-5-13-12(7-10)14(21)24-8-20(13)15(22)23/h1-4,6,12-13H,5,7-8H2,(H,22,23). The molecule has 1 N–H and O–H groups in total. The molecule has 1 aromatic carbocycles. The normalized spacial score (nSPS) is 24.0. The van der Waals surface area contributed by atoms with Crippen molar-refractivity contribution < 1.29 is 32.6 Å². The minimum atomic E-state index is -4.45. The zero-order valence-corrected chi connectivity index (χ0v) is 12.4. The molecule has 1 aliphatic carbocycles. The van der Waals surface area contributed by atoms with Crippen molar-refractivity contribution in [3.05, 3.63) is 41.5 Å². The van der Waals surface area contributed by atoms with Crippen molar-refractivity contribution in [3.8, 4) is 0 Å². The van der Waals surface area contributed by atoms with Gasteiger partial charge >= 0.3 is 18.2 Å². The van der Waals surface area contributed by atoms with E-state index in [0.29, 0.717) is 11.1 Å². The zero-order chi connectivity index (χ0) is 17.5. The first kappa shape index (κ1) is 16.4. The Morgan fingerprint density at radius 3 is 2.75 bits per heavy atom. The average molecular weight is 341 g/mol. The first-order valence-corrected chi connectivity index (χ1v) is 7.30. The van der Waals surface area contributed by atoms with Gasteiger partial charge in [-0.05, 0) is 36.1 Å². The second kappa shape index (κ2) is 5.85. The summed E-state index contributed by atoms with van der Waals surface area (Å²) in [5.41, 5.74) is 0.205. The molecule has 1 fully saturated rings. The summed E-state index contributed by atoms with van der Waals surface area (Å²) in [4.78, 5) is 24.2. The van der Waals surface area contributed by atoms with Gasteiger partial charge in [0.05, 0.1) is 17.5 Å². The lowest BCUT2D eigenvalue weighted by atomic mass is 9.80. The largest absolute Gasteiger partial charge is 0.465 e. The second-order valence-corrected chi connectivity index (χ2v) is 5.77. The summed E-state index contributed by atoms with van der Waals surface area (Å²) in [6.45, 7) is -0.317. The first-order valence-electron chi connectivity index (χ1n) is 7.30. The Hall–Kier alpha value is -2.51. The Kier molecular flexibility index (Phi) is 3.98. The van der Waals surface area contributed by atoms with Crippen LogP contribution in [0.3, 0.4) is 0 Å². The number of ether oxygens (including phenoxy) is 1. The maximum absolute atomic E-state index is 12.8. The van der Waals surface area contributed by atoms with Crippen molar-refractivity contribution >= 4 is 17.6 Å². The van der Waals surface area contributed by atoms with Gasteiger partial charge in [-0.2, -0.15) is 13.2 Å². The number of alkyl halides is 3. The van der Waals surface area contributed by atoms with Gasteiger partial charge in [-0.25, -0.2) is 4.79 Å². The predicted molar refractivity (Wildman–Crippen MR) is 76.8 cm³/mol. The predicted octanol–water partition coefficient (Wildman–Crippen LogP) is 3.36. The maximum atomic E-state index is 12.8. The fourth-order valence-corrected chi connectivity index (χ4v) is 3.13. The average Bonchev–Trinajstić information content (AvgIpc) is 2.54. The lowest BCUT2D eigenvalue weighted by molar-refractivity contribution is -0.165. The number of hydrogen-bond acceptors (Lipinski definition) is 3. The molecule has 8 heteroatoms. The van der Waals surface area contributed by atoms with Crippen molar-refractivity contribution in [2.75, 3.05) is 6.73 Å². The van der Waals surface area contributed by atoms with Gasteiger partial charge in [0.15, 0.2) is 6.73 Å². The third-order valence-corrected chi connectivity index (χ3v) is 4.37. The Morgan fingerprint density at radius 1 is 1.33 bits per heavy atom. The van der Waals surface area contributed by atoms with Crippen LogP contribution < -0.4 is 0 Å². The number of benzene rings is 1. The number of hydrogen-bond donors (Lipinski definition) is 1. The highest BCUT2D eigenvalue weighted by Crippen LogP contribution is 2.38.